The van der Waals surface area contributed by atoms with Crippen LogP contribution in [0.4, 0.5) is 4.79 Å². The van der Waals surface area contributed by atoms with Crippen molar-refractivity contribution >= 4 is 6.03 Å². The first kappa shape index (κ1) is 15.4. The molecule has 2 fully saturated rings. The molecule has 2 amide bonds. The summed E-state index contributed by atoms with van der Waals surface area (Å²) in [4.78, 5) is 14.7. The normalized spacial score (nSPS) is 29.5. The van der Waals surface area contributed by atoms with Crippen LogP contribution in [0.15, 0.2) is 24.3 Å². The third kappa shape index (κ3) is 3.13. The van der Waals surface area contributed by atoms with Crippen LogP contribution in [0.3, 0.4) is 0 Å². The zero-order valence-electron chi connectivity index (χ0n) is 14.3. The Balaban J connectivity index is 1.62. The van der Waals surface area contributed by atoms with E-state index in [4.69, 9.17) is 0 Å². The smallest absolute Gasteiger partial charge is 0.317 e. The van der Waals surface area contributed by atoms with Gasteiger partial charge < -0.3 is 10.2 Å². The predicted molar refractivity (Wildman–Crippen MR) is 89.6 cm³/mol. The van der Waals surface area contributed by atoms with Crippen LogP contribution < -0.4 is 5.32 Å². The SMILES string of the molecule is Cc1ccc(CNC(=O)N2CC3(C)CC2CC(C)(C)C3)cc1. The molecule has 3 heteroatoms. The second-order valence-corrected chi connectivity index (χ2v) is 8.49. The van der Waals surface area contributed by atoms with Gasteiger partial charge >= 0.3 is 6.03 Å². The van der Waals surface area contributed by atoms with Crippen LogP contribution in [-0.2, 0) is 6.54 Å². The number of urea groups is 1. The maximum Gasteiger partial charge on any atom is 0.317 e. The third-order valence-corrected chi connectivity index (χ3v) is 5.24. The van der Waals surface area contributed by atoms with Gasteiger partial charge in [0.15, 0.2) is 0 Å². The van der Waals surface area contributed by atoms with Gasteiger partial charge in [-0.15, -0.1) is 0 Å². The molecule has 2 atom stereocenters. The molecule has 3 nitrogen and oxygen atoms in total. The summed E-state index contributed by atoms with van der Waals surface area (Å²) in [6.07, 6.45) is 3.51. The summed E-state index contributed by atoms with van der Waals surface area (Å²) in [7, 11) is 0. The zero-order valence-corrected chi connectivity index (χ0v) is 14.3. The Bertz CT molecular complexity index is 563. The molecule has 1 aromatic carbocycles. The van der Waals surface area contributed by atoms with E-state index >= 15 is 0 Å². The molecule has 1 aromatic rings. The average molecular weight is 300 g/mol. The second kappa shape index (κ2) is 5.29. The highest BCUT2D eigenvalue weighted by molar-refractivity contribution is 5.75. The Morgan fingerprint density at radius 2 is 1.91 bits per heavy atom. The Morgan fingerprint density at radius 1 is 1.23 bits per heavy atom. The lowest BCUT2D eigenvalue weighted by molar-refractivity contribution is 0.129. The molecule has 22 heavy (non-hydrogen) atoms. The van der Waals surface area contributed by atoms with Crippen molar-refractivity contribution in [2.45, 2.75) is 59.5 Å². The lowest BCUT2D eigenvalue weighted by Crippen LogP contribution is -2.43. The minimum Gasteiger partial charge on any atom is -0.334 e. The molecule has 1 saturated heterocycles. The molecule has 1 saturated carbocycles. The van der Waals surface area contributed by atoms with Crippen LogP contribution in [0.1, 0.15) is 51.2 Å². The molecule has 2 unspecified atom stereocenters. The van der Waals surface area contributed by atoms with Crippen molar-refractivity contribution in [3.05, 3.63) is 35.4 Å². The molecular weight excluding hydrogens is 272 g/mol. The lowest BCUT2D eigenvalue weighted by Gasteiger charge is -2.39. The van der Waals surface area contributed by atoms with Crippen molar-refractivity contribution in [1.82, 2.24) is 10.2 Å². The van der Waals surface area contributed by atoms with Gasteiger partial charge in [-0.1, -0.05) is 50.6 Å². The summed E-state index contributed by atoms with van der Waals surface area (Å²) >= 11 is 0. The van der Waals surface area contributed by atoms with E-state index < -0.39 is 0 Å². The Labute approximate surface area is 134 Å². The highest BCUT2D eigenvalue weighted by Crippen LogP contribution is 2.52. The van der Waals surface area contributed by atoms with Gasteiger partial charge in [-0.3, -0.25) is 0 Å². The standard InChI is InChI=1S/C19H28N2O/c1-14-5-7-15(8-6-14)11-20-17(22)21-13-19(4)10-16(21)9-18(2,3)12-19/h5-8,16H,9-13H2,1-4H3,(H,20,22). The average Bonchev–Trinajstić information content (AvgIpc) is 2.67. The number of carbonyl (C=O) groups excluding carboxylic acids is 1. The van der Waals surface area contributed by atoms with Crippen LogP contribution in [0.2, 0.25) is 0 Å². The lowest BCUT2D eigenvalue weighted by atomic mass is 9.65. The van der Waals surface area contributed by atoms with Crippen LogP contribution in [0.5, 0.6) is 0 Å². The molecule has 1 heterocycles. The monoisotopic (exact) mass is 300 g/mol. The van der Waals surface area contributed by atoms with Crippen molar-refractivity contribution in [2.75, 3.05) is 6.54 Å². The maximum absolute atomic E-state index is 12.6. The minimum atomic E-state index is 0.104. The van der Waals surface area contributed by atoms with Crippen molar-refractivity contribution < 1.29 is 4.79 Å². The summed E-state index contributed by atoms with van der Waals surface area (Å²) in [5.41, 5.74) is 3.06. The number of nitrogens with zero attached hydrogens (tertiary/aromatic N) is 1. The number of benzene rings is 1. The van der Waals surface area contributed by atoms with Crippen molar-refractivity contribution in [3.8, 4) is 0 Å². The van der Waals surface area contributed by atoms with Gasteiger partial charge in [0.05, 0.1) is 0 Å². The van der Waals surface area contributed by atoms with E-state index in [1.807, 2.05) is 0 Å². The molecule has 1 N–H and O–H groups in total. The first-order chi connectivity index (χ1) is 10.3. The number of aryl methyl sites for hydroxylation is 1. The van der Waals surface area contributed by atoms with E-state index in [9.17, 15) is 4.79 Å². The fraction of sp³-hybridized carbons (Fsp3) is 0.632. The fourth-order valence-corrected chi connectivity index (χ4v) is 4.68. The van der Waals surface area contributed by atoms with E-state index in [0.29, 0.717) is 23.4 Å². The molecule has 1 aliphatic carbocycles. The number of hydrogen-bond donors (Lipinski definition) is 1. The van der Waals surface area contributed by atoms with Crippen LogP contribution in [0, 0.1) is 17.8 Å². The van der Waals surface area contributed by atoms with Gasteiger partial charge in [0, 0.05) is 19.1 Å². The number of likely N-dealkylation sites (tertiary alicyclic amines) is 1. The van der Waals surface area contributed by atoms with Gasteiger partial charge in [-0.05, 0) is 42.6 Å². The van der Waals surface area contributed by atoms with Gasteiger partial charge in [-0.2, -0.15) is 0 Å². The van der Waals surface area contributed by atoms with E-state index in [-0.39, 0.29) is 6.03 Å². The topological polar surface area (TPSA) is 32.3 Å². The van der Waals surface area contributed by atoms with Crippen LogP contribution in [-0.4, -0.2) is 23.5 Å². The first-order valence-corrected chi connectivity index (χ1v) is 8.36. The van der Waals surface area contributed by atoms with Crippen molar-refractivity contribution in [2.24, 2.45) is 10.8 Å². The molecule has 120 valence electrons. The van der Waals surface area contributed by atoms with Crippen LogP contribution >= 0.6 is 0 Å². The Hall–Kier alpha value is -1.51. The van der Waals surface area contributed by atoms with E-state index in [1.165, 1.54) is 12.0 Å². The number of fused-ring (bicyclic) bond motifs is 2. The van der Waals surface area contributed by atoms with Gasteiger partial charge in [-0.25, -0.2) is 4.79 Å². The Kier molecular flexibility index (Phi) is 3.70. The zero-order chi connectivity index (χ0) is 16.0. The number of amides is 2. The molecule has 2 aliphatic rings. The number of nitrogens with one attached hydrogen (secondary N) is 1. The fourth-order valence-electron chi connectivity index (χ4n) is 4.68. The molecule has 0 aromatic heterocycles. The Morgan fingerprint density at radius 3 is 2.59 bits per heavy atom. The highest BCUT2D eigenvalue weighted by atomic mass is 16.2. The van der Waals surface area contributed by atoms with E-state index in [0.717, 1.165) is 24.9 Å². The second-order valence-electron chi connectivity index (χ2n) is 8.49. The molecule has 3 rings (SSSR count). The van der Waals surface area contributed by atoms with Crippen LogP contribution in [0.25, 0.3) is 0 Å². The quantitative estimate of drug-likeness (QED) is 0.876. The minimum absolute atomic E-state index is 0.104. The molecule has 2 bridgehead atoms. The summed E-state index contributed by atoms with van der Waals surface area (Å²) in [6.45, 7) is 10.6. The van der Waals surface area contributed by atoms with Crippen molar-refractivity contribution in [3.63, 3.8) is 0 Å². The van der Waals surface area contributed by atoms with E-state index in [1.54, 1.807) is 0 Å². The summed E-state index contributed by atoms with van der Waals surface area (Å²) < 4.78 is 0. The van der Waals surface area contributed by atoms with E-state index in [2.05, 4.69) is 62.2 Å². The van der Waals surface area contributed by atoms with Crippen molar-refractivity contribution in [1.29, 1.82) is 0 Å². The van der Waals surface area contributed by atoms with Gasteiger partial charge in [0.1, 0.15) is 0 Å². The molecule has 0 radical (unpaired) electrons. The first-order valence-electron chi connectivity index (χ1n) is 8.36. The summed E-state index contributed by atoms with van der Waals surface area (Å²) in [5, 5.41) is 3.10. The molecule has 1 aliphatic heterocycles. The number of rotatable bonds is 2. The number of carbonyl (C=O) groups is 1. The number of hydrogen-bond acceptors (Lipinski definition) is 1. The molecular formula is C19H28N2O. The summed E-state index contributed by atoms with van der Waals surface area (Å²) in [6, 6.07) is 8.87. The summed E-state index contributed by atoms with van der Waals surface area (Å²) in [5.74, 6) is 0. The molecule has 0 spiro atoms. The third-order valence-electron chi connectivity index (χ3n) is 5.24. The van der Waals surface area contributed by atoms with Gasteiger partial charge in [0.25, 0.3) is 0 Å². The maximum atomic E-state index is 12.6. The predicted octanol–water partition coefficient (Wildman–Crippen LogP) is 4.11. The highest BCUT2D eigenvalue weighted by Gasteiger charge is 2.50. The largest absolute Gasteiger partial charge is 0.334 e. The van der Waals surface area contributed by atoms with Gasteiger partial charge in [0.2, 0.25) is 0 Å².